The van der Waals surface area contributed by atoms with Crippen LogP contribution in [0.2, 0.25) is 5.15 Å². The first kappa shape index (κ1) is 10.8. The molecule has 0 aliphatic heterocycles. The fraction of sp³-hybridized carbons (Fsp3) is 0.500. The molecule has 5 heteroatoms. The average Bonchev–Trinajstić information content (AvgIpc) is 2.13. The van der Waals surface area contributed by atoms with E-state index in [1.807, 2.05) is 0 Å². The van der Waals surface area contributed by atoms with Crippen molar-refractivity contribution in [2.45, 2.75) is 11.4 Å². The molecule has 0 spiro atoms. The van der Waals surface area contributed by atoms with Crippen molar-refractivity contribution in [3.05, 3.63) is 17.5 Å². The van der Waals surface area contributed by atoms with Crippen molar-refractivity contribution in [2.75, 3.05) is 19.5 Å². The zero-order valence-electron chi connectivity index (χ0n) is 7.36. The Morgan fingerprint density at radius 3 is 3.08 bits per heavy atom. The third-order valence-electron chi connectivity index (χ3n) is 1.35. The van der Waals surface area contributed by atoms with Crippen LogP contribution in [0.1, 0.15) is 6.42 Å². The lowest BCUT2D eigenvalue weighted by Gasteiger charge is -1.99. The first-order valence-electron chi connectivity index (χ1n) is 3.92. The molecule has 0 saturated heterocycles. The summed E-state index contributed by atoms with van der Waals surface area (Å²) in [7, 11) is 1.70. The monoisotopic (exact) mass is 218 g/mol. The van der Waals surface area contributed by atoms with Gasteiger partial charge in [0.05, 0.1) is 0 Å². The van der Waals surface area contributed by atoms with E-state index in [-0.39, 0.29) is 0 Å². The summed E-state index contributed by atoms with van der Waals surface area (Å²) >= 11 is 7.35. The second-order valence-electron chi connectivity index (χ2n) is 2.37. The van der Waals surface area contributed by atoms with Crippen molar-refractivity contribution in [2.24, 2.45) is 0 Å². The summed E-state index contributed by atoms with van der Waals surface area (Å²) in [5, 5.41) is 1.40. The highest BCUT2D eigenvalue weighted by Crippen LogP contribution is 2.17. The molecule has 13 heavy (non-hydrogen) atoms. The van der Waals surface area contributed by atoms with Gasteiger partial charge in [-0.1, -0.05) is 11.6 Å². The van der Waals surface area contributed by atoms with Crippen LogP contribution in [0.15, 0.2) is 17.4 Å². The quantitative estimate of drug-likeness (QED) is 0.432. The molecule has 0 amide bonds. The van der Waals surface area contributed by atoms with Crippen LogP contribution in [0.3, 0.4) is 0 Å². The molecule has 72 valence electrons. The number of nitrogens with zero attached hydrogens (tertiary/aromatic N) is 2. The Balaban J connectivity index is 2.28. The maximum Gasteiger partial charge on any atom is 0.133 e. The molecule has 0 fully saturated rings. The minimum absolute atomic E-state index is 0.490. The van der Waals surface area contributed by atoms with Crippen LogP contribution in [0.25, 0.3) is 0 Å². The molecule has 0 aliphatic rings. The number of hydrogen-bond donors (Lipinski definition) is 0. The molecule has 0 aromatic carbocycles. The maximum atomic E-state index is 5.70. The number of methoxy groups -OCH3 is 1. The lowest BCUT2D eigenvalue weighted by molar-refractivity contribution is 0.200. The second-order valence-corrected chi connectivity index (χ2v) is 3.88. The van der Waals surface area contributed by atoms with Gasteiger partial charge in [0, 0.05) is 25.5 Å². The summed E-state index contributed by atoms with van der Waals surface area (Å²) in [6, 6.07) is 1.76. The Hall–Kier alpha value is -0.320. The Bertz CT molecular complexity index is 260. The first-order chi connectivity index (χ1) is 6.33. The summed E-state index contributed by atoms with van der Waals surface area (Å²) < 4.78 is 4.93. The maximum absolute atomic E-state index is 5.70. The van der Waals surface area contributed by atoms with E-state index in [1.54, 1.807) is 24.9 Å². The van der Waals surface area contributed by atoms with Crippen molar-refractivity contribution in [1.29, 1.82) is 0 Å². The van der Waals surface area contributed by atoms with Gasteiger partial charge in [-0.15, -0.1) is 11.8 Å². The van der Waals surface area contributed by atoms with Gasteiger partial charge in [0.15, 0.2) is 0 Å². The molecule has 1 rings (SSSR count). The number of thioether (sulfide) groups is 1. The number of ether oxygens (including phenoxy) is 1. The topological polar surface area (TPSA) is 35.0 Å². The van der Waals surface area contributed by atoms with Gasteiger partial charge in [0.1, 0.15) is 16.5 Å². The normalized spacial score (nSPS) is 10.3. The van der Waals surface area contributed by atoms with Gasteiger partial charge in [-0.25, -0.2) is 9.97 Å². The third-order valence-corrected chi connectivity index (χ3v) is 2.57. The van der Waals surface area contributed by atoms with E-state index in [9.17, 15) is 0 Å². The zero-order chi connectivity index (χ0) is 9.52. The minimum atomic E-state index is 0.490. The molecule has 0 radical (unpaired) electrons. The molecular formula is C8H11ClN2OS. The zero-order valence-corrected chi connectivity index (χ0v) is 8.94. The fourth-order valence-electron chi connectivity index (χ4n) is 0.776. The van der Waals surface area contributed by atoms with Gasteiger partial charge in [-0.3, -0.25) is 0 Å². The predicted octanol–water partition coefficient (Wildman–Crippen LogP) is 2.26. The van der Waals surface area contributed by atoms with Gasteiger partial charge in [0.2, 0.25) is 0 Å². The van der Waals surface area contributed by atoms with Crippen LogP contribution in [0.5, 0.6) is 0 Å². The van der Waals surface area contributed by atoms with Crippen LogP contribution in [-0.4, -0.2) is 29.4 Å². The van der Waals surface area contributed by atoms with Crippen LogP contribution >= 0.6 is 23.4 Å². The second kappa shape index (κ2) is 6.18. The van der Waals surface area contributed by atoms with Gasteiger partial charge in [-0.05, 0) is 6.42 Å². The number of rotatable bonds is 5. The molecule has 0 saturated carbocycles. The van der Waals surface area contributed by atoms with E-state index >= 15 is 0 Å². The Morgan fingerprint density at radius 2 is 2.38 bits per heavy atom. The predicted molar refractivity (Wildman–Crippen MR) is 54.3 cm³/mol. The summed E-state index contributed by atoms with van der Waals surface area (Å²) in [6.45, 7) is 0.784. The molecule has 3 nitrogen and oxygen atoms in total. The van der Waals surface area contributed by atoms with Gasteiger partial charge in [-0.2, -0.15) is 0 Å². The highest BCUT2D eigenvalue weighted by atomic mass is 35.5. The van der Waals surface area contributed by atoms with Gasteiger partial charge < -0.3 is 4.74 Å². The van der Waals surface area contributed by atoms with Crippen LogP contribution in [0.4, 0.5) is 0 Å². The standard InChI is InChI=1S/C8H11ClN2OS/c1-12-3-2-4-13-8-5-7(9)10-6-11-8/h5-6H,2-4H2,1H3. The van der Waals surface area contributed by atoms with E-state index in [2.05, 4.69) is 9.97 Å². The molecule has 0 atom stereocenters. The van der Waals surface area contributed by atoms with E-state index < -0.39 is 0 Å². The SMILES string of the molecule is COCCCSc1cc(Cl)ncn1. The molecule has 1 aromatic rings. The first-order valence-corrected chi connectivity index (χ1v) is 5.28. The van der Waals surface area contributed by atoms with Gasteiger partial charge >= 0.3 is 0 Å². The highest BCUT2D eigenvalue weighted by molar-refractivity contribution is 7.99. The van der Waals surface area contributed by atoms with E-state index in [4.69, 9.17) is 16.3 Å². The largest absolute Gasteiger partial charge is 0.385 e. The minimum Gasteiger partial charge on any atom is -0.385 e. The molecule has 0 unspecified atom stereocenters. The van der Waals surface area contributed by atoms with Gasteiger partial charge in [0.25, 0.3) is 0 Å². The number of hydrogen-bond acceptors (Lipinski definition) is 4. The third kappa shape index (κ3) is 4.45. The summed E-state index contributed by atoms with van der Waals surface area (Å²) in [6.07, 6.45) is 2.49. The summed E-state index contributed by atoms with van der Waals surface area (Å²) in [5.74, 6) is 0.987. The lowest BCUT2D eigenvalue weighted by Crippen LogP contribution is -1.91. The molecule has 1 aromatic heterocycles. The van der Waals surface area contributed by atoms with E-state index in [1.165, 1.54) is 6.33 Å². The highest BCUT2D eigenvalue weighted by Gasteiger charge is 1.96. The van der Waals surface area contributed by atoms with Crippen molar-refractivity contribution in [3.63, 3.8) is 0 Å². The Morgan fingerprint density at radius 1 is 1.54 bits per heavy atom. The lowest BCUT2D eigenvalue weighted by atomic mass is 10.5. The fourth-order valence-corrected chi connectivity index (χ4v) is 1.78. The van der Waals surface area contributed by atoms with Crippen LogP contribution in [0, 0.1) is 0 Å². The number of aromatic nitrogens is 2. The van der Waals surface area contributed by atoms with Crippen molar-refractivity contribution in [3.8, 4) is 0 Å². The summed E-state index contributed by atoms with van der Waals surface area (Å²) in [5.41, 5.74) is 0. The van der Waals surface area contributed by atoms with E-state index in [0.717, 1.165) is 23.8 Å². The van der Waals surface area contributed by atoms with Crippen molar-refractivity contribution >= 4 is 23.4 Å². The Kier molecular flexibility index (Phi) is 5.12. The van der Waals surface area contributed by atoms with Crippen molar-refractivity contribution in [1.82, 2.24) is 9.97 Å². The summed E-state index contributed by atoms with van der Waals surface area (Å²) in [4.78, 5) is 7.86. The van der Waals surface area contributed by atoms with Crippen molar-refractivity contribution < 1.29 is 4.74 Å². The number of halogens is 1. The molecule has 0 N–H and O–H groups in total. The van der Waals surface area contributed by atoms with Crippen LogP contribution < -0.4 is 0 Å². The van der Waals surface area contributed by atoms with Crippen LogP contribution in [-0.2, 0) is 4.74 Å². The molecule has 0 bridgehead atoms. The molecular weight excluding hydrogens is 208 g/mol. The molecule has 1 heterocycles. The van der Waals surface area contributed by atoms with E-state index in [0.29, 0.717) is 5.15 Å². The molecule has 0 aliphatic carbocycles. The average molecular weight is 219 g/mol. The Labute approximate surface area is 86.9 Å². The smallest absolute Gasteiger partial charge is 0.133 e.